The number of hydrogen-bond acceptors (Lipinski definition) is 1. The van der Waals surface area contributed by atoms with Crippen LogP contribution < -0.4 is 5.32 Å². The Morgan fingerprint density at radius 1 is 1.29 bits per heavy atom. The van der Waals surface area contributed by atoms with Gasteiger partial charge < -0.3 is 5.32 Å². The van der Waals surface area contributed by atoms with Crippen LogP contribution in [0.1, 0.15) is 45.2 Å². The van der Waals surface area contributed by atoms with Crippen LogP contribution in [0.25, 0.3) is 0 Å². The van der Waals surface area contributed by atoms with Gasteiger partial charge in [-0.05, 0) is 38.0 Å². The zero-order valence-electron chi connectivity index (χ0n) is 11.0. The smallest absolute Gasteiger partial charge is 0.0406 e. The highest BCUT2D eigenvalue weighted by atomic mass is 35.5. The Hall–Kier alpha value is -0.790. The summed E-state index contributed by atoms with van der Waals surface area (Å²) in [6.07, 6.45) is 4.55. The van der Waals surface area contributed by atoms with Crippen molar-refractivity contribution in [2.24, 2.45) is 0 Å². The molecule has 0 heterocycles. The lowest BCUT2D eigenvalue weighted by molar-refractivity contribution is 0.520. The van der Waals surface area contributed by atoms with Crippen LogP contribution >= 0.6 is 11.6 Å². The monoisotopic (exact) mass is 251 g/mol. The maximum atomic E-state index is 5.91. The minimum Gasteiger partial charge on any atom is -0.306 e. The van der Waals surface area contributed by atoms with Gasteiger partial charge in [-0.3, -0.25) is 0 Å². The van der Waals surface area contributed by atoms with Crippen molar-refractivity contribution in [1.82, 2.24) is 5.32 Å². The fourth-order valence-electron chi connectivity index (χ4n) is 1.78. The molecule has 0 radical (unpaired) electrons. The van der Waals surface area contributed by atoms with Crippen molar-refractivity contribution >= 4 is 11.6 Å². The van der Waals surface area contributed by atoms with E-state index >= 15 is 0 Å². The molecule has 1 N–H and O–H groups in total. The molecule has 0 amide bonds. The first-order valence-electron chi connectivity index (χ1n) is 6.25. The van der Waals surface area contributed by atoms with Crippen LogP contribution in [-0.2, 0) is 0 Å². The molecule has 0 spiro atoms. The molecule has 1 unspecified atom stereocenters. The first-order chi connectivity index (χ1) is 8.13. The molecule has 0 aliphatic heterocycles. The van der Waals surface area contributed by atoms with Crippen molar-refractivity contribution in [1.29, 1.82) is 0 Å². The summed E-state index contributed by atoms with van der Waals surface area (Å²) in [6, 6.07) is 8.56. The maximum Gasteiger partial charge on any atom is 0.0406 e. The minimum atomic E-state index is 0.424. The average molecular weight is 252 g/mol. The summed E-state index contributed by atoms with van der Waals surface area (Å²) in [6.45, 7) is 7.39. The summed E-state index contributed by atoms with van der Waals surface area (Å²) >= 11 is 5.91. The molecule has 0 aliphatic rings. The van der Waals surface area contributed by atoms with Crippen LogP contribution in [-0.4, -0.2) is 6.54 Å². The normalized spacial score (nSPS) is 12.2. The molecule has 0 bridgehead atoms. The second kappa shape index (κ2) is 7.52. The molecule has 0 saturated carbocycles. The Bertz CT molecular complexity index is 350. The van der Waals surface area contributed by atoms with E-state index in [9.17, 15) is 0 Å². The molecular formula is C15H22ClN. The lowest BCUT2D eigenvalue weighted by Gasteiger charge is -2.18. The molecule has 0 fully saturated rings. The van der Waals surface area contributed by atoms with Crippen LogP contribution in [0.5, 0.6) is 0 Å². The summed E-state index contributed by atoms with van der Waals surface area (Å²) in [7, 11) is 0. The molecule has 94 valence electrons. The van der Waals surface area contributed by atoms with Crippen molar-refractivity contribution in [3.8, 4) is 0 Å². The zero-order valence-corrected chi connectivity index (χ0v) is 11.7. The predicted molar refractivity (Wildman–Crippen MR) is 76.5 cm³/mol. The second-order valence-electron chi connectivity index (χ2n) is 4.58. The lowest BCUT2D eigenvalue weighted by Crippen LogP contribution is -2.21. The van der Waals surface area contributed by atoms with Crippen LogP contribution in [0.2, 0.25) is 5.02 Å². The third-order valence-electron chi connectivity index (χ3n) is 2.72. The highest BCUT2D eigenvalue weighted by Gasteiger charge is 2.08. The summed E-state index contributed by atoms with van der Waals surface area (Å²) < 4.78 is 0. The standard InChI is InChI=1S/C15H22ClN/c1-4-5-15(17-11-10-12(2)3)13-6-8-14(16)9-7-13/h6-10,15,17H,4-5,11H2,1-3H3. The zero-order chi connectivity index (χ0) is 12.7. The van der Waals surface area contributed by atoms with E-state index in [1.165, 1.54) is 17.6 Å². The fraction of sp³-hybridized carbons (Fsp3) is 0.467. The van der Waals surface area contributed by atoms with Crippen molar-refractivity contribution in [3.05, 3.63) is 46.5 Å². The maximum absolute atomic E-state index is 5.91. The van der Waals surface area contributed by atoms with Crippen LogP contribution in [0.4, 0.5) is 0 Å². The van der Waals surface area contributed by atoms with Crippen LogP contribution in [0.15, 0.2) is 35.9 Å². The summed E-state index contributed by atoms with van der Waals surface area (Å²) in [5.74, 6) is 0. The quantitative estimate of drug-likeness (QED) is 0.721. The summed E-state index contributed by atoms with van der Waals surface area (Å²) in [5, 5.41) is 4.37. The molecule has 1 aromatic carbocycles. The average Bonchev–Trinajstić information content (AvgIpc) is 2.29. The van der Waals surface area contributed by atoms with Crippen LogP contribution in [0, 0.1) is 0 Å². The highest BCUT2D eigenvalue weighted by Crippen LogP contribution is 2.20. The molecule has 0 aliphatic carbocycles. The lowest BCUT2D eigenvalue weighted by atomic mass is 10.0. The fourth-order valence-corrected chi connectivity index (χ4v) is 1.90. The third-order valence-corrected chi connectivity index (χ3v) is 2.98. The third kappa shape index (κ3) is 5.38. The Morgan fingerprint density at radius 3 is 2.47 bits per heavy atom. The van der Waals surface area contributed by atoms with E-state index in [-0.39, 0.29) is 0 Å². The van der Waals surface area contributed by atoms with Crippen molar-refractivity contribution in [2.75, 3.05) is 6.54 Å². The van der Waals surface area contributed by atoms with E-state index < -0.39 is 0 Å². The predicted octanol–water partition coefficient (Wildman–Crippen LogP) is 4.74. The number of nitrogens with one attached hydrogen (secondary N) is 1. The Kier molecular flexibility index (Phi) is 6.31. The SMILES string of the molecule is CCCC(NCC=C(C)C)c1ccc(Cl)cc1. The first kappa shape index (κ1) is 14.3. The van der Waals surface area contributed by atoms with Gasteiger partial charge in [0.05, 0.1) is 0 Å². The van der Waals surface area contributed by atoms with Crippen molar-refractivity contribution in [2.45, 2.75) is 39.7 Å². The minimum absolute atomic E-state index is 0.424. The second-order valence-corrected chi connectivity index (χ2v) is 5.02. The van der Waals surface area contributed by atoms with Gasteiger partial charge in [-0.25, -0.2) is 0 Å². The van der Waals surface area contributed by atoms with E-state index in [1.54, 1.807) is 0 Å². The van der Waals surface area contributed by atoms with Gasteiger partial charge >= 0.3 is 0 Å². The molecule has 2 heteroatoms. The Balaban J connectivity index is 2.64. The number of allylic oxidation sites excluding steroid dienone is 1. The molecule has 1 atom stereocenters. The van der Waals surface area contributed by atoms with Gasteiger partial charge in [-0.15, -0.1) is 0 Å². The van der Waals surface area contributed by atoms with Gasteiger partial charge in [0.2, 0.25) is 0 Å². The number of halogens is 1. The topological polar surface area (TPSA) is 12.0 Å². The van der Waals surface area contributed by atoms with Crippen molar-refractivity contribution in [3.63, 3.8) is 0 Å². The van der Waals surface area contributed by atoms with Crippen LogP contribution in [0.3, 0.4) is 0 Å². The van der Waals surface area contributed by atoms with Gasteiger partial charge in [-0.2, -0.15) is 0 Å². The van der Waals surface area contributed by atoms with E-state index in [1.807, 2.05) is 12.1 Å². The first-order valence-corrected chi connectivity index (χ1v) is 6.63. The Labute approximate surface area is 110 Å². The summed E-state index contributed by atoms with van der Waals surface area (Å²) in [4.78, 5) is 0. The van der Waals surface area contributed by atoms with E-state index in [4.69, 9.17) is 11.6 Å². The summed E-state index contributed by atoms with van der Waals surface area (Å²) in [5.41, 5.74) is 2.67. The molecule has 1 rings (SSSR count). The number of benzene rings is 1. The van der Waals surface area contributed by atoms with E-state index in [0.717, 1.165) is 18.0 Å². The molecule has 1 aromatic rings. The molecule has 0 saturated heterocycles. The van der Waals surface area contributed by atoms with Gasteiger partial charge in [0.15, 0.2) is 0 Å². The van der Waals surface area contributed by atoms with Gasteiger partial charge in [-0.1, -0.05) is 48.7 Å². The molecule has 17 heavy (non-hydrogen) atoms. The molecule has 1 nitrogen and oxygen atoms in total. The van der Waals surface area contributed by atoms with Gasteiger partial charge in [0.25, 0.3) is 0 Å². The number of rotatable bonds is 6. The molecule has 0 aromatic heterocycles. The van der Waals surface area contributed by atoms with E-state index in [0.29, 0.717) is 6.04 Å². The highest BCUT2D eigenvalue weighted by molar-refractivity contribution is 6.30. The largest absolute Gasteiger partial charge is 0.306 e. The number of hydrogen-bond donors (Lipinski definition) is 1. The molecular weight excluding hydrogens is 230 g/mol. The van der Waals surface area contributed by atoms with E-state index in [2.05, 4.69) is 44.3 Å². The van der Waals surface area contributed by atoms with Gasteiger partial charge in [0, 0.05) is 17.6 Å². The Morgan fingerprint density at radius 2 is 1.94 bits per heavy atom. The van der Waals surface area contributed by atoms with Gasteiger partial charge in [0.1, 0.15) is 0 Å². The van der Waals surface area contributed by atoms with Crippen molar-refractivity contribution < 1.29 is 0 Å².